The van der Waals surface area contributed by atoms with Crippen LogP contribution in [0.1, 0.15) is 33.1 Å². The fraction of sp³-hybridized carbons (Fsp3) is 0.588. The smallest absolute Gasteiger partial charge is 0.224 e. The molecule has 2 N–H and O–H groups in total. The Morgan fingerprint density at radius 1 is 1.50 bits per heavy atom. The van der Waals surface area contributed by atoms with E-state index < -0.39 is 0 Å². The predicted octanol–water partition coefficient (Wildman–Crippen LogP) is 3.70. The van der Waals surface area contributed by atoms with Gasteiger partial charge in [0.15, 0.2) is 0 Å². The van der Waals surface area contributed by atoms with Crippen molar-refractivity contribution >= 4 is 23.2 Å². The lowest BCUT2D eigenvalue weighted by atomic mass is 10.0. The molecule has 1 heterocycles. The van der Waals surface area contributed by atoms with Gasteiger partial charge in [-0.3, -0.25) is 4.79 Å². The third kappa shape index (κ3) is 5.50. The highest BCUT2D eigenvalue weighted by atomic mass is 35.5. The molecule has 0 bridgehead atoms. The Hall–Kier alpha value is -1.26. The molecule has 5 heteroatoms. The minimum absolute atomic E-state index is 0.0406. The van der Waals surface area contributed by atoms with Crippen molar-refractivity contribution in [2.75, 3.05) is 25.0 Å². The van der Waals surface area contributed by atoms with Gasteiger partial charge in [0.1, 0.15) is 5.75 Å². The third-order valence-electron chi connectivity index (χ3n) is 3.73. The van der Waals surface area contributed by atoms with E-state index in [0.29, 0.717) is 35.6 Å². The molecule has 1 aromatic carbocycles. The molecule has 22 heavy (non-hydrogen) atoms. The SMILES string of the molecule is CC(C)COc1ccc(NC(=O)CCC2CCNC2)cc1Cl. The summed E-state index contributed by atoms with van der Waals surface area (Å²) in [6, 6.07) is 5.38. The number of benzene rings is 1. The number of hydrogen-bond donors (Lipinski definition) is 2. The van der Waals surface area contributed by atoms with E-state index in [2.05, 4.69) is 24.5 Å². The first-order valence-electron chi connectivity index (χ1n) is 7.97. The summed E-state index contributed by atoms with van der Waals surface area (Å²) in [5.74, 6) is 1.77. The number of anilines is 1. The van der Waals surface area contributed by atoms with Gasteiger partial charge in [0.25, 0.3) is 0 Å². The summed E-state index contributed by atoms with van der Waals surface area (Å²) < 4.78 is 5.62. The van der Waals surface area contributed by atoms with Crippen molar-refractivity contribution in [1.82, 2.24) is 5.32 Å². The normalized spacial score (nSPS) is 17.7. The van der Waals surface area contributed by atoms with Crippen molar-refractivity contribution in [2.45, 2.75) is 33.1 Å². The molecule has 1 saturated heterocycles. The van der Waals surface area contributed by atoms with Crippen molar-refractivity contribution in [3.05, 3.63) is 23.2 Å². The predicted molar refractivity (Wildman–Crippen MR) is 90.6 cm³/mol. The first-order valence-corrected chi connectivity index (χ1v) is 8.35. The van der Waals surface area contributed by atoms with Crippen molar-refractivity contribution in [3.8, 4) is 5.75 Å². The Kier molecular flexibility index (Phi) is 6.52. The number of carbonyl (C=O) groups is 1. The summed E-state index contributed by atoms with van der Waals surface area (Å²) in [4.78, 5) is 12.0. The molecule has 0 aliphatic carbocycles. The van der Waals surface area contributed by atoms with E-state index in [-0.39, 0.29) is 5.91 Å². The number of carbonyl (C=O) groups excluding carboxylic acids is 1. The standard InChI is InChI=1S/C17H25ClN2O2/c1-12(2)11-22-16-5-4-14(9-15(16)18)20-17(21)6-3-13-7-8-19-10-13/h4-5,9,12-13,19H,3,6-8,10-11H2,1-2H3,(H,20,21). The Labute approximate surface area is 137 Å². The highest BCUT2D eigenvalue weighted by Crippen LogP contribution is 2.28. The number of amides is 1. The van der Waals surface area contributed by atoms with Gasteiger partial charge < -0.3 is 15.4 Å². The summed E-state index contributed by atoms with van der Waals surface area (Å²) >= 11 is 6.19. The second kappa shape index (κ2) is 8.39. The second-order valence-electron chi connectivity index (χ2n) is 6.30. The monoisotopic (exact) mass is 324 g/mol. The molecule has 1 aliphatic heterocycles. The van der Waals surface area contributed by atoms with Gasteiger partial charge in [-0.25, -0.2) is 0 Å². The van der Waals surface area contributed by atoms with Gasteiger partial charge in [0.05, 0.1) is 11.6 Å². The number of hydrogen-bond acceptors (Lipinski definition) is 3. The largest absolute Gasteiger partial charge is 0.492 e. The zero-order valence-electron chi connectivity index (χ0n) is 13.3. The van der Waals surface area contributed by atoms with Crippen LogP contribution in [0, 0.1) is 11.8 Å². The van der Waals surface area contributed by atoms with Crippen molar-refractivity contribution in [1.29, 1.82) is 0 Å². The van der Waals surface area contributed by atoms with Crippen LogP contribution in [0.4, 0.5) is 5.69 Å². The van der Waals surface area contributed by atoms with Crippen LogP contribution in [0.2, 0.25) is 5.02 Å². The minimum atomic E-state index is 0.0406. The zero-order valence-corrected chi connectivity index (χ0v) is 14.1. The van der Waals surface area contributed by atoms with E-state index in [1.807, 2.05) is 6.07 Å². The summed E-state index contributed by atoms with van der Waals surface area (Å²) in [5, 5.41) is 6.74. The van der Waals surface area contributed by atoms with Gasteiger partial charge in [-0.2, -0.15) is 0 Å². The highest BCUT2D eigenvalue weighted by Gasteiger charge is 2.16. The quantitative estimate of drug-likeness (QED) is 0.804. The van der Waals surface area contributed by atoms with Crippen molar-refractivity contribution in [2.24, 2.45) is 11.8 Å². The van der Waals surface area contributed by atoms with Crippen LogP contribution in [-0.2, 0) is 4.79 Å². The molecule has 1 aliphatic rings. The maximum atomic E-state index is 12.0. The van der Waals surface area contributed by atoms with Gasteiger partial charge in [0.2, 0.25) is 5.91 Å². The highest BCUT2D eigenvalue weighted by molar-refractivity contribution is 6.32. The molecule has 0 aromatic heterocycles. The molecule has 0 radical (unpaired) electrons. The average molecular weight is 325 g/mol. The number of nitrogens with one attached hydrogen (secondary N) is 2. The first kappa shape index (κ1) is 17.1. The second-order valence-corrected chi connectivity index (χ2v) is 6.70. The maximum Gasteiger partial charge on any atom is 0.224 e. The topological polar surface area (TPSA) is 50.4 Å². The van der Waals surface area contributed by atoms with E-state index >= 15 is 0 Å². The van der Waals surface area contributed by atoms with Gasteiger partial charge in [0, 0.05) is 12.1 Å². The lowest BCUT2D eigenvalue weighted by molar-refractivity contribution is -0.116. The van der Waals surface area contributed by atoms with Crippen LogP contribution in [0.3, 0.4) is 0 Å². The molecule has 0 saturated carbocycles. The Morgan fingerprint density at radius 3 is 2.95 bits per heavy atom. The first-order chi connectivity index (χ1) is 10.5. The number of halogens is 1. The fourth-order valence-electron chi connectivity index (χ4n) is 2.47. The van der Waals surface area contributed by atoms with E-state index in [1.54, 1.807) is 12.1 Å². The number of ether oxygens (including phenoxy) is 1. The molecule has 1 unspecified atom stereocenters. The molecule has 122 valence electrons. The van der Waals surface area contributed by atoms with E-state index in [4.69, 9.17) is 16.3 Å². The van der Waals surface area contributed by atoms with Crippen molar-refractivity contribution < 1.29 is 9.53 Å². The van der Waals surface area contributed by atoms with Gasteiger partial charge >= 0.3 is 0 Å². The minimum Gasteiger partial charge on any atom is -0.492 e. The van der Waals surface area contributed by atoms with Crippen LogP contribution in [0.5, 0.6) is 5.75 Å². The van der Waals surface area contributed by atoms with Crippen LogP contribution in [-0.4, -0.2) is 25.6 Å². The summed E-state index contributed by atoms with van der Waals surface area (Å²) in [5.41, 5.74) is 0.719. The van der Waals surface area contributed by atoms with E-state index in [9.17, 15) is 4.79 Å². The third-order valence-corrected chi connectivity index (χ3v) is 4.03. The van der Waals surface area contributed by atoms with Crippen LogP contribution in [0.15, 0.2) is 18.2 Å². The van der Waals surface area contributed by atoms with Gasteiger partial charge in [-0.05, 0) is 56.0 Å². The Morgan fingerprint density at radius 2 is 2.32 bits per heavy atom. The maximum absolute atomic E-state index is 12.0. The molecule has 1 amide bonds. The van der Waals surface area contributed by atoms with Gasteiger partial charge in [-0.15, -0.1) is 0 Å². The molecule has 1 fully saturated rings. The van der Waals surface area contributed by atoms with Gasteiger partial charge in [-0.1, -0.05) is 25.4 Å². The Bertz CT molecular complexity index is 499. The number of rotatable bonds is 7. The van der Waals surface area contributed by atoms with Crippen molar-refractivity contribution in [3.63, 3.8) is 0 Å². The fourth-order valence-corrected chi connectivity index (χ4v) is 2.71. The average Bonchev–Trinajstić information content (AvgIpc) is 2.97. The summed E-state index contributed by atoms with van der Waals surface area (Å²) in [6.07, 6.45) is 2.65. The molecule has 4 nitrogen and oxygen atoms in total. The van der Waals surface area contributed by atoms with Crippen LogP contribution in [0.25, 0.3) is 0 Å². The van der Waals surface area contributed by atoms with Crippen LogP contribution >= 0.6 is 11.6 Å². The molecular formula is C17H25ClN2O2. The molecule has 0 spiro atoms. The van der Waals surface area contributed by atoms with E-state index in [1.165, 1.54) is 6.42 Å². The lowest BCUT2D eigenvalue weighted by Crippen LogP contribution is -2.15. The molecule has 1 atom stereocenters. The van der Waals surface area contributed by atoms with E-state index in [0.717, 1.165) is 25.2 Å². The lowest BCUT2D eigenvalue weighted by Gasteiger charge is -2.12. The van der Waals surface area contributed by atoms with Crippen LogP contribution < -0.4 is 15.4 Å². The summed E-state index contributed by atoms with van der Waals surface area (Å²) in [6.45, 7) is 6.90. The molecule has 2 rings (SSSR count). The molecule has 1 aromatic rings. The zero-order chi connectivity index (χ0) is 15.9. The summed E-state index contributed by atoms with van der Waals surface area (Å²) in [7, 11) is 0. The molecular weight excluding hydrogens is 300 g/mol. The Balaban J connectivity index is 1.81.